The van der Waals surface area contributed by atoms with Crippen LogP contribution in [-0.4, -0.2) is 5.78 Å². The lowest BCUT2D eigenvalue weighted by atomic mass is 9.95. The molecule has 74 valence electrons. The molecule has 0 aromatic carbocycles. The molecule has 1 aliphatic rings. The summed E-state index contributed by atoms with van der Waals surface area (Å²) in [7, 11) is 0. The van der Waals surface area contributed by atoms with Crippen molar-refractivity contribution < 1.29 is 4.79 Å². The van der Waals surface area contributed by atoms with Gasteiger partial charge >= 0.3 is 0 Å². The standard InChI is InChI=1S/C12H14OS/c1-9-7-8-14-12(9)11(13)10-5-3-2-4-6-10/h5,7-8H,2-4,6H2,1H3. The van der Waals surface area contributed by atoms with Gasteiger partial charge in [-0.25, -0.2) is 0 Å². The van der Waals surface area contributed by atoms with Gasteiger partial charge in [0.05, 0.1) is 4.88 Å². The summed E-state index contributed by atoms with van der Waals surface area (Å²) in [6.45, 7) is 2.01. The van der Waals surface area contributed by atoms with Crippen molar-refractivity contribution in [1.29, 1.82) is 0 Å². The maximum atomic E-state index is 12.0. The molecule has 0 saturated carbocycles. The normalized spacial score (nSPS) is 16.5. The topological polar surface area (TPSA) is 17.1 Å². The Morgan fingerprint density at radius 2 is 2.29 bits per heavy atom. The van der Waals surface area contributed by atoms with E-state index in [9.17, 15) is 4.79 Å². The zero-order valence-corrected chi connectivity index (χ0v) is 9.19. The van der Waals surface area contributed by atoms with Gasteiger partial charge in [-0.3, -0.25) is 4.79 Å². The zero-order chi connectivity index (χ0) is 9.97. The first-order valence-electron chi connectivity index (χ1n) is 5.07. The van der Waals surface area contributed by atoms with Gasteiger partial charge in [-0.2, -0.15) is 0 Å². The van der Waals surface area contributed by atoms with Gasteiger partial charge < -0.3 is 0 Å². The lowest BCUT2D eigenvalue weighted by Gasteiger charge is -2.10. The molecule has 0 radical (unpaired) electrons. The van der Waals surface area contributed by atoms with Gasteiger partial charge in [0.15, 0.2) is 5.78 Å². The summed E-state index contributed by atoms with van der Waals surface area (Å²) in [6.07, 6.45) is 6.56. The van der Waals surface area contributed by atoms with Crippen molar-refractivity contribution in [2.45, 2.75) is 32.6 Å². The van der Waals surface area contributed by atoms with Crippen LogP contribution in [0.3, 0.4) is 0 Å². The van der Waals surface area contributed by atoms with Gasteiger partial charge in [0.2, 0.25) is 0 Å². The Kier molecular flexibility index (Phi) is 2.82. The number of ketones is 1. The summed E-state index contributed by atoms with van der Waals surface area (Å²) < 4.78 is 0. The third-order valence-corrected chi connectivity index (χ3v) is 3.67. The van der Waals surface area contributed by atoms with Crippen molar-refractivity contribution in [2.75, 3.05) is 0 Å². The minimum Gasteiger partial charge on any atom is -0.288 e. The fourth-order valence-corrected chi connectivity index (χ4v) is 2.70. The Morgan fingerprint density at radius 1 is 1.43 bits per heavy atom. The van der Waals surface area contributed by atoms with Crippen LogP contribution >= 0.6 is 11.3 Å². The van der Waals surface area contributed by atoms with Gasteiger partial charge in [-0.15, -0.1) is 11.3 Å². The van der Waals surface area contributed by atoms with E-state index in [1.165, 1.54) is 12.8 Å². The molecule has 2 heteroatoms. The first-order valence-corrected chi connectivity index (χ1v) is 5.95. The minimum absolute atomic E-state index is 0.261. The highest BCUT2D eigenvalue weighted by molar-refractivity contribution is 7.12. The smallest absolute Gasteiger partial charge is 0.198 e. The van der Waals surface area contributed by atoms with Gasteiger partial charge in [0, 0.05) is 0 Å². The molecule has 0 atom stereocenters. The molecular weight excluding hydrogens is 192 g/mol. The first kappa shape index (κ1) is 9.66. The number of allylic oxidation sites excluding steroid dienone is 2. The molecule has 0 amide bonds. The van der Waals surface area contributed by atoms with Crippen LogP contribution in [0.25, 0.3) is 0 Å². The molecule has 0 saturated heterocycles. The third kappa shape index (κ3) is 1.80. The molecule has 0 unspecified atom stereocenters. The molecule has 0 aliphatic heterocycles. The molecule has 0 bridgehead atoms. The lowest BCUT2D eigenvalue weighted by molar-refractivity contribution is 0.103. The van der Waals surface area contributed by atoms with Crippen molar-refractivity contribution in [3.05, 3.63) is 33.5 Å². The van der Waals surface area contributed by atoms with Crippen LogP contribution in [0.1, 0.15) is 40.9 Å². The summed E-state index contributed by atoms with van der Waals surface area (Å²) in [4.78, 5) is 13.0. The van der Waals surface area contributed by atoms with E-state index in [4.69, 9.17) is 0 Å². The van der Waals surface area contributed by atoms with E-state index in [-0.39, 0.29) is 5.78 Å². The highest BCUT2D eigenvalue weighted by atomic mass is 32.1. The molecule has 0 N–H and O–H groups in total. The summed E-state index contributed by atoms with van der Waals surface area (Å²) >= 11 is 1.56. The number of carbonyl (C=O) groups excluding carboxylic acids is 1. The molecular formula is C12H14OS. The average Bonchev–Trinajstić information content (AvgIpc) is 2.65. The maximum Gasteiger partial charge on any atom is 0.198 e. The van der Waals surface area contributed by atoms with E-state index < -0.39 is 0 Å². The molecule has 14 heavy (non-hydrogen) atoms. The number of carbonyl (C=O) groups is 1. The third-order valence-electron chi connectivity index (χ3n) is 2.65. The number of rotatable bonds is 2. The van der Waals surface area contributed by atoms with Gasteiger partial charge in [-0.05, 0) is 55.2 Å². The van der Waals surface area contributed by atoms with Crippen molar-refractivity contribution in [2.24, 2.45) is 0 Å². The van der Waals surface area contributed by atoms with Crippen LogP contribution in [0.5, 0.6) is 0 Å². The first-order chi connectivity index (χ1) is 6.79. The van der Waals surface area contributed by atoms with E-state index >= 15 is 0 Å². The van der Waals surface area contributed by atoms with E-state index in [2.05, 4.69) is 6.08 Å². The highest BCUT2D eigenvalue weighted by Gasteiger charge is 2.16. The minimum atomic E-state index is 0.261. The number of hydrogen-bond donors (Lipinski definition) is 0. The second-order valence-corrected chi connectivity index (χ2v) is 4.65. The quantitative estimate of drug-likeness (QED) is 0.674. The van der Waals surface area contributed by atoms with Gasteiger partial charge in [-0.1, -0.05) is 6.08 Å². The van der Waals surface area contributed by atoms with Crippen molar-refractivity contribution >= 4 is 17.1 Å². The SMILES string of the molecule is Cc1ccsc1C(=O)C1=CCCCC1. The molecule has 1 aromatic rings. The number of aryl methyl sites for hydroxylation is 1. The monoisotopic (exact) mass is 206 g/mol. The summed E-state index contributed by atoms with van der Waals surface area (Å²) in [5.74, 6) is 0.261. The van der Waals surface area contributed by atoms with Crippen LogP contribution in [0.2, 0.25) is 0 Å². The van der Waals surface area contributed by atoms with Crippen LogP contribution < -0.4 is 0 Å². The van der Waals surface area contributed by atoms with E-state index in [0.29, 0.717) is 0 Å². The maximum absolute atomic E-state index is 12.0. The predicted molar refractivity (Wildman–Crippen MR) is 59.9 cm³/mol. The molecule has 0 fully saturated rings. The second-order valence-electron chi connectivity index (χ2n) is 3.74. The number of thiophene rings is 1. The summed E-state index contributed by atoms with van der Waals surface area (Å²) in [6, 6.07) is 2.02. The van der Waals surface area contributed by atoms with Crippen LogP contribution in [0.15, 0.2) is 23.1 Å². The van der Waals surface area contributed by atoms with E-state index in [0.717, 1.165) is 28.9 Å². The molecule has 1 aliphatic carbocycles. The summed E-state index contributed by atoms with van der Waals surface area (Å²) in [5.41, 5.74) is 2.15. The Bertz CT molecular complexity index is 373. The Labute approximate surface area is 88.5 Å². The molecule has 1 aromatic heterocycles. The van der Waals surface area contributed by atoms with Crippen LogP contribution in [-0.2, 0) is 0 Å². The Hall–Kier alpha value is -0.890. The highest BCUT2D eigenvalue weighted by Crippen LogP contribution is 2.25. The van der Waals surface area contributed by atoms with E-state index in [1.54, 1.807) is 11.3 Å². The number of Topliss-reactive ketones (excluding diaryl/α,β-unsaturated/α-hetero) is 1. The van der Waals surface area contributed by atoms with Gasteiger partial charge in [0.25, 0.3) is 0 Å². The largest absolute Gasteiger partial charge is 0.288 e. The molecule has 1 heterocycles. The molecule has 2 rings (SSSR count). The predicted octanol–water partition coefficient (Wildman–Crippen LogP) is 3.74. The molecule has 0 spiro atoms. The van der Waals surface area contributed by atoms with E-state index in [1.807, 2.05) is 18.4 Å². The van der Waals surface area contributed by atoms with Crippen LogP contribution in [0, 0.1) is 6.92 Å². The average molecular weight is 206 g/mol. The number of hydrogen-bond acceptors (Lipinski definition) is 2. The molecule has 1 nitrogen and oxygen atoms in total. The zero-order valence-electron chi connectivity index (χ0n) is 8.38. The fraction of sp³-hybridized carbons (Fsp3) is 0.417. The Balaban J connectivity index is 2.23. The Morgan fingerprint density at radius 3 is 2.86 bits per heavy atom. The second kappa shape index (κ2) is 4.09. The van der Waals surface area contributed by atoms with Crippen LogP contribution in [0.4, 0.5) is 0 Å². The fourth-order valence-electron chi connectivity index (χ4n) is 1.80. The summed E-state index contributed by atoms with van der Waals surface area (Å²) in [5, 5.41) is 1.99. The van der Waals surface area contributed by atoms with Crippen molar-refractivity contribution in [3.63, 3.8) is 0 Å². The lowest BCUT2D eigenvalue weighted by Crippen LogP contribution is -2.05. The van der Waals surface area contributed by atoms with Crippen molar-refractivity contribution in [3.8, 4) is 0 Å². The van der Waals surface area contributed by atoms with Crippen molar-refractivity contribution in [1.82, 2.24) is 0 Å². The van der Waals surface area contributed by atoms with Gasteiger partial charge in [0.1, 0.15) is 0 Å².